The molecule has 1 aromatic heterocycles. The van der Waals surface area contributed by atoms with Crippen molar-refractivity contribution in [3.63, 3.8) is 0 Å². The van der Waals surface area contributed by atoms with Gasteiger partial charge in [-0.1, -0.05) is 29.8 Å². The van der Waals surface area contributed by atoms with Crippen LogP contribution in [0.25, 0.3) is 0 Å². The number of aromatic nitrogens is 2. The van der Waals surface area contributed by atoms with Crippen LogP contribution in [0, 0.1) is 6.92 Å². The summed E-state index contributed by atoms with van der Waals surface area (Å²) in [6, 6.07) is 7.14. The van der Waals surface area contributed by atoms with Crippen LogP contribution < -0.4 is 5.73 Å². The fourth-order valence-electron chi connectivity index (χ4n) is 1.68. The number of aryl methyl sites for hydroxylation is 1. The molecule has 102 valence electrons. The first-order valence-electron chi connectivity index (χ1n) is 5.97. The second-order valence-electron chi connectivity index (χ2n) is 4.66. The number of hydrogen-bond acceptors (Lipinski definition) is 4. The Kier molecular flexibility index (Phi) is 3.73. The summed E-state index contributed by atoms with van der Waals surface area (Å²) in [6.07, 6.45) is 2.76. The minimum Gasteiger partial charge on any atom is -0.323 e. The first kappa shape index (κ1) is 13.8. The lowest BCUT2D eigenvalue weighted by Crippen LogP contribution is -2.13. The average Bonchev–Trinajstić information content (AvgIpc) is 2.82. The lowest BCUT2D eigenvalue weighted by Gasteiger charge is -2.05. The van der Waals surface area contributed by atoms with E-state index < -0.39 is 10.0 Å². The van der Waals surface area contributed by atoms with Gasteiger partial charge in [0.15, 0.2) is 0 Å². The molecule has 2 aromatic rings. The highest BCUT2D eigenvalue weighted by Gasteiger charge is 2.16. The molecule has 0 amide bonds. The van der Waals surface area contributed by atoms with Crippen LogP contribution in [-0.4, -0.2) is 17.4 Å². The molecule has 19 heavy (non-hydrogen) atoms. The van der Waals surface area contributed by atoms with Crippen molar-refractivity contribution in [2.45, 2.75) is 25.6 Å². The molecule has 1 unspecified atom stereocenters. The van der Waals surface area contributed by atoms with Crippen LogP contribution in [0.3, 0.4) is 0 Å². The van der Waals surface area contributed by atoms with Crippen LogP contribution in [0.4, 0.5) is 0 Å². The van der Waals surface area contributed by atoms with Crippen LogP contribution in [0.5, 0.6) is 0 Å². The fraction of sp³-hybridized carbons (Fsp3) is 0.308. The van der Waals surface area contributed by atoms with E-state index in [1.807, 2.05) is 31.2 Å². The van der Waals surface area contributed by atoms with Gasteiger partial charge in [-0.2, -0.15) is 0 Å². The molecular formula is C13H17N3O2S. The van der Waals surface area contributed by atoms with Gasteiger partial charge in [-0.3, -0.25) is 0 Å². The van der Waals surface area contributed by atoms with Crippen LogP contribution in [-0.2, 0) is 15.8 Å². The standard InChI is InChI=1S/C13H17N3O2S/c1-10-3-5-12(6-4-10)8-19(17,18)16-7-13(11(2)14)15-9-16/h3-7,9,11H,8,14H2,1-2H3. The first-order valence-corrected chi connectivity index (χ1v) is 7.57. The van der Waals surface area contributed by atoms with Crippen molar-refractivity contribution in [2.75, 3.05) is 0 Å². The van der Waals surface area contributed by atoms with Crippen molar-refractivity contribution < 1.29 is 8.42 Å². The third-order valence-electron chi connectivity index (χ3n) is 2.84. The van der Waals surface area contributed by atoms with Crippen molar-refractivity contribution in [2.24, 2.45) is 5.73 Å². The van der Waals surface area contributed by atoms with Gasteiger partial charge in [-0.05, 0) is 19.4 Å². The zero-order valence-electron chi connectivity index (χ0n) is 10.9. The Morgan fingerprint density at radius 1 is 1.32 bits per heavy atom. The van der Waals surface area contributed by atoms with Crippen molar-refractivity contribution in [1.29, 1.82) is 0 Å². The molecule has 0 saturated heterocycles. The molecule has 0 fully saturated rings. The maximum Gasteiger partial charge on any atom is 0.243 e. The van der Waals surface area contributed by atoms with Crippen LogP contribution in [0.1, 0.15) is 29.8 Å². The Morgan fingerprint density at radius 2 is 1.95 bits per heavy atom. The fourth-order valence-corrected chi connectivity index (χ4v) is 2.90. The second-order valence-corrected chi connectivity index (χ2v) is 6.53. The van der Waals surface area contributed by atoms with Crippen LogP contribution in [0.2, 0.25) is 0 Å². The average molecular weight is 279 g/mol. The SMILES string of the molecule is Cc1ccc(CS(=O)(=O)n2cnc(C(C)N)c2)cc1. The largest absolute Gasteiger partial charge is 0.323 e. The van der Waals surface area contributed by atoms with Crippen molar-refractivity contribution in [3.05, 3.63) is 53.6 Å². The topological polar surface area (TPSA) is 78.0 Å². The maximum absolute atomic E-state index is 12.2. The summed E-state index contributed by atoms with van der Waals surface area (Å²) in [7, 11) is -3.44. The van der Waals surface area contributed by atoms with Crippen molar-refractivity contribution in [1.82, 2.24) is 8.96 Å². The van der Waals surface area contributed by atoms with E-state index in [9.17, 15) is 8.42 Å². The minimum atomic E-state index is -3.44. The van der Waals surface area contributed by atoms with E-state index in [1.165, 1.54) is 12.5 Å². The van der Waals surface area contributed by atoms with Crippen molar-refractivity contribution in [3.8, 4) is 0 Å². The van der Waals surface area contributed by atoms with Gasteiger partial charge in [0.2, 0.25) is 10.0 Å². The lowest BCUT2D eigenvalue weighted by atomic mass is 10.2. The van der Waals surface area contributed by atoms with Gasteiger partial charge in [0.25, 0.3) is 0 Å². The molecule has 0 aliphatic carbocycles. The summed E-state index contributed by atoms with van der Waals surface area (Å²) in [6.45, 7) is 3.72. The Bertz CT molecular complexity index is 657. The molecule has 2 N–H and O–H groups in total. The predicted octanol–water partition coefficient (Wildman–Crippen LogP) is 1.59. The highest BCUT2D eigenvalue weighted by Crippen LogP contribution is 2.13. The van der Waals surface area contributed by atoms with Crippen LogP contribution in [0.15, 0.2) is 36.8 Å². The predicted molar refractivity (Wildman–Crippen MR) is 74.0 cm³/mol. The number of hydrogen-bond donors (Lipinski definition) is 1. The molecule has 1 heterocycles. The molecule has 0 aliphatic rings. The molecule has 0 spiro atoms. The van der Waals surface area contributed by atoms with E-state index in [-0.39, 0.29) is 11.8 Å². The van der Waals surface area contributed by atoms with E-state index in [0.717, 1.165) is 15.1 Å². The molecule has 0 radical (unpaired) electrons. The highest BCUT2D eigenvalue weighted by atomic mass is 32.2. The zero-order chi connectivity index (χ0) is 14.0. The molecule has 1 aromatic carbocycles. The summed E-state index contributed by atoms with van der Waals surface area (Å²) < 4.78 is 25.5. The monoisotopic (exact) mass is 279 g/mol. The number of nitrogens with zero attached hydrogens (tertiary/aromatic N) is 2. The van der Waals surface area contributed by atoms with E-state index in [0.29, 0.717) is 5.69 Å². The van der Waals surface area contributed by atoms with Gasteiger partial charge in [0.05, 0.1) is 11.4 Å². The Labute approximate surface area is 113 Å². The zero-order valence-corrected chi connectivity index (χ0v) is 11.8. The van der Waals surface area contributed by atoms with Gasteiger partial charge in [0.1, 0.15) is 6.33 Å². The van der Waals surface area contributed by atoms with Crippen molar-refractivity contribution >= 4 is 10.0 Å². The van der Waals surface area contributed by atoms with Gasteiger partial charge in [0, 0.05) is 12.2 Å². The summed E-state index contributed by atoms with van der Waals surface area (Å²) in [4.78, 5) is 4.00. The number of imidazole rings is 1. The van der Waals surface area contributed by atoms with Gasteiger partial charge < -0.3 is 5.73 Å². The van der Waals surface area contributed by atoms with E-state index >= 15 is 0 Å². The van der Waals surface area contributed by atoms with E-state index in [4.69, 9.17) is 5.73 Å². The summed E-state index contributed by atoms with van der Waals surface area (Å²) in [5, 5.41) is 0. The normalized spacial score (nSPS) is 13.4. The maximum atomic E-state index is 12.2. The Hall–Kier alpha value is -1.66. The molecule has 0 saturated carbocycles. The first-order chi connectivity index (χ1) is 8.88. The van der Waals surface area contributed by atoms with Gasteiger partial charge in [-0.25, -0.2) is 17.4 Å². The third-order valence-corrected chi connectivity index (χ3v) is 4.38. The molecule has 5 nitrogen and oxygen atoms in total. The Balaban J connectivity index is 2.24. The second kappa shape index (κ2) is 5.14. The lowest BCUT2D eigenvalue weighted by molar-refractivity contribution is 0.586. The molecule has 1 atom stereocenters. The molecule has 6 heteroatoms. The number of benzene rings is 1. The molecule has 0 bridgehead atoms. The Morgan fingerprint density at radius 3 is 2.47 bits per heavy atom. The summed E-state index contributed by atoms with van der Waals surface area (Å²) in [5.41, 5.74) is 8.08. The van der Waals surface area contributed by atoms with Gasteiger partial charge in [-0.15, -0.1) is 0 Å². The quantitative estimate of drug-likeness (QED) is 0.922. The summed E-state index contributed by atoms with van der Waals surface area (Å²) >= 11 is 0. The number of nitrogens with two attached hydrogens (primary N) is 1. The van der Waals surface area contributed by atoms with E-state index in [1.54, 1.807) is 6.92 Å². The third kappa shape index (κ3) is 3.21. The van der Waals surface area contributed by atoms with Crippen LogP contribution >= 0.6 is 0 Å². The molecule has 0 aliphatic heterocycles. The molecular weight excluding hydrogens is 262 g/mol. The van der Waals surface area contributed by atoms with Gasteiger partial charge >= 0.3 is 0 Å². The summed E-state index contributed by atoms with van der Waals surface area (Å²) in [5.74, 6) is -0.0535. The molecule has 2 rings (SSSR count). The van der Waals surface area contributed by atoms with E-state index in [2.05, 4.69) is 4.98 Å². The number of rotatable bonds is 4. The minimum absolute atomic E-state index is 0.0535. The smallest absolute Gasteiger partial charge is 0.243 e. The highest BCUT2D eigenvalue weighted by molar-refractivity contribution is 7.89.